The third-order valence-corrected chi connectivity index (χ3v) is 6.55. The van der Waals surface area contributed by atoms with E-state index in [4.69, 9.17) is 14.9 Å². The van der Waals surface area contributed by atoms with Crippen LogP contribution >= 0.6 is 0 Å². The maximum absolute atomic E-state index is 10.9. The van der Waals surface area contributed by atoms with Crippen LogP contribution in [0.25, 0.3) is 0 Å². The zero-order chi connectivity index (χ0) is 17.4. The number of hydrogen-bond acceptors (Lipinski definition) is 6. The van der Waals surface area contributed by atoms with Crippen LogP contribution in [-0.2, 0) is 0 Å². The topological polar surface area (TPSA) is 115 Å². The minimum absolute atomic E-state index is 0.00235. The molecule has 0 saturated carbocycles. The number of nitro groups is 1. The number of allylic oxidation sites excluding steroid dienone is 1. The van der Waals surface area contributed by atoms with Crippen molar-refractivity contribution in [3.63, 3.8) is 0 Å². The second-order valence-electron chi connectivity index (χ2n) is 5.47. The zero-order valence-electron chi connectivity index (χ0n) is 13.0. The molecule has 122 valence electrons. The summed E-state index contributed by atoms with van der Waals surface area (Å²) >= 11 is -1.11. The van der Waals surface area contributed by atoms with Crippen molar-refractivity contribution in [1.82, 2.24) is 0 Å². The summed E-state index contributed by atoms with van der Waals surface area (Å²) in [4.78, 5) is 10.3. The van der Waals surface area contributed by atoms with Gasteiger partial charge in [0.1, 0.15) is 0 Å². The fourth-order valence-corrected chi connectivity index (χ4v) is 4.18. The second-order valence-corrected chi connectivity index (χ2v) is 10.3. The Labute approximate surface area is 142 Å². The van der Waals surface area contributed by atoms with Crippen molar-refractivity contribution in [2.45, 2.75) is 17.3 Å². The first-order valence-electron chi connectivity index (χ1n) is 7.05. The summed E-state index contributed by atoms with van der Waals surface area (Å²) in [5, 5.41) is 20.3. The molecule has 0 radical (unpaired) electrons. The van der Waals surface area contributed by atoms with Crippen LogP contribution in [0.4, 0.5) is 5.88 Å². The van der Waals surface area contributed by atoms with Gasteiger partial charge in [0.15, 0.2) is 0 Å². The summed E-state index contributed by atoms with van der Waals surface area (Å²) in [5.41, 5.74) is 11.2. The van der Waals surface area contributed by atoms with Gasteiger partial charge < -0.3 is 0 Å². The molecule has 2 N–H and O–H groups in total. The molecule has 1 unspecified atom stereocenters. The van der Waals surface area contributed by atoms with Crippen LogP contribution in [0, 0.1) is 21.4 Å². The molecule has 0 bridgehead atoms. The van der Waals surface area contributed by atoms with Crippen molar-refractivity contribution in [2.24, 2.45) is 5.73 Å². The molecule has 7 nitrogen and oxygen atoms in total. The monoisotopic (exact) mass is 387 g/mol. The molecule has 1 aliphatic rings. The number of nitrogens with two attached hydrogens (primary N) is 1. The number of nitriles is 1. The van der Waals surface area contributed by atoms with Gasteiger partial charge in [-0.25, -0.2) is 0 Å². The Morgan fingerprint density at radius 1 is 1.33 bits per heavy atom. The predicted octanol–water partition coefficient (Wildman–Crippen LogP) is 2.37. The molecule has 0 spiro atoms. The number of hydrogen-bond donors (Lipinski definition) is 1. The number of ether oxygens (including phenoxy) is 1. The Morgan fingerprint density at radius 2 is 2.08 bits per heavy atom. The number of benzene rings is 1. The summed E-state index contributed by atoms with van der Waals surface area (Å²) in [6, 6.07) is 10.6. The quantitative estimate of drug-likeness (QED) is 0.491. The van der Waals surface area contributed by atoms with Crippen LogP contribution in [0.3, 0.4) is 0 Å². The molecule has 1 aliphatic heterocycles. The first kappa shape index (κ1) is 16.2. The van der Waals surface area contributed by atoms with E-state index in [1.165, 1.54) is 16.5 Å². The Hall–Kier alpha value is -2.71. The minimum atomic E-state index is -1.11. The van der Waals surface area contributed by atoms with Gasteiger partial charge in [-0.1, -0.05) is 0 Å². The van der Waals surface area contributed by atoms with E-state index in [1.807, 2.05) is 24.3 Å². The van der Waals surface area contributed by atoms with Crippen LogP contribution in [0.1, 0.15) is 17.2 Å². The third kappa shape index (κ3) is 2.66. The van der Waals surface area contributed by atoms with E-state index in [1.54, 1.807) is 0 Å². The molecule has 1 atom stereocenters. The number of furan rings is 1. The molecular weight excluding hydrogens is 373 g/mol. The first-order chi connectivity index (χ1) is 11.4. The van der Waals surface area contributed by atoms with Crippen molar-refractivity contribution in [3.8, 4) is 11.8 Å². The molecule has 1 aromatic carbocycles. The average molecular weight is 387 g/mol. The Kier molecular flexibility index (Phi) is 4.08. The first-order valence-corrected chi connectivity index (χ1v) is 11.7. The SMILES string of the molecule is C[As](C)c1ccc2c(c1)OC(N)=C(C#N)C2c1ccc([N+](=O)[O-])o1. The second kappa shape index (κ2) is 6.06. The van der Waals surface area contributed by atoms with Gasteiger partial charge in [0, 0.05) is 0 Å². The van der Waals surface area contributed by atoms with Crippen LogP contribution < -0.4 is 14.8 Å². The van der Waals surface area contributed by atoms with Gasteiger partial charge in [0.25, 0.3) is 0 Å². The van der Waals surface area contributed by atoms with Gasteiger partial charge in [0.2, 0.25) is 0 Å². The fourth-order valence-electron chi connectivity index (χ4n) is 2.61. The van der Waals surface area contributed by atoms with Crippen LogP contribution in [-0.4, -0.2) is 19.6 Å². The van der Waals surface area contributed by atoms with Gasteiger partial charge in [-0.2, -0.15) is 0 Å². The van der Waals surface area contributed by atoms with Gasteiger partial charge >= 0.3 is 142 Å². The molecule has 1 aromatic heterocycles. The summed E-state index contributed by atoms with van der Waals surface area (Å²) in [5.74, 6) is -0.133. The predicted molar refractivity (Wildman–Crippen MR) is 88.2 cm³/mol. The Balaban J connectivity index is 2.16. The van der Waals surface area contributed by atoms with Gasteiger partial charge in [0.05, 0.1) is 0 Å². The number of rotatable bonds is 3. The molecule has 3 rings (SSSR count). The Bertz CT molecular complexity index is 895. The van der Waals surface area contributed by atoms with E-state index >= 15 is 0 Å². The van der Waals surface area contributed by atoms with Crippen molar-refractivity contribution in [2.75, 3.05) is 0 Å². The fraction of sp³-hybridized carbons (Fsp3) is 0.188. The normalized spacial score (nSPS) is 16.5. The number of fused-ring (bicyclic) bond motifs is 1. The zero-order valence-corrected chi connectivity index (χ0v) is 14.9. The molecule has 2 heterocycles. The van der Waals surface area contributed by atoms with Crippen molar-refractivity contribution < 1.29 is 14.1 Å². The molecular formula is C16H14AsN3O4. The molecule has 8 heteroatoms. The average Bonchev–Trinajstić information content (AvgIpc) is 3.02. The number of nitrogens with zero attached hydrogens (tertiary/aromatic N) is 2. The van der Waals surface area contributed by atoms with E-state index < -0.39 is 25.5 Å². The van der Waals surface area contributed by atoms with Crippen molar-refractivity contribution in [1.29, 1.82) is 5.26 Å². The molecule has 0 aliphatic carbocycles. The van der Waals surface area contributed by atoms with E-state index in [2.05, 4.69) is 11.4 Å². The molecule has 24 heavy (non-hydrogen) atoms. The summed E-state index contributed by atoms with van der Waals surface area (Å²) in [7, 11) is 0. The van der Waals surface area contributed by atoms with E-state index in [9.17, 15) is 15.4 Å². The van der Waals surface area contributed by atoms with Gasteiger partial charge in [-0.05, 0) is 0 Å². The molecule has 0 amide bonds. The van der Waals surface area contributed by atoms with Crippen LogP contribution in [0.5, 0.6) is 5.75 Å². The van der Waals surface area contributed by atoms with E-state index in [-0.39, 0.29) is 17.3 Å². The van der Waals surface area contributed by atoms with Crippen LogP contribution in [0.15, 0.2) is 46.2 Å². The van der Waals surface area contributed by atoms with Gasteiger partial charge in [-0.15, -0.1) is 0 Å². The molecule has 2 aromatic rings. The third-order valence-electron chi connectivity index (χ3n) is 3.80. The van der Waals surface area contributed by atoms with E-state index in [0.717, 1.165) is 0 Å². The summed E-state index contributed by atoms with van der Waals surface area (Å²) < 4.78 is 12.1. The Morgan fingerprint density at radius 3 is 2.67 bits per heavy atom. The van der Waals surface area contributed by atoms with Crippen LogP contribution in [0.2, 0.25) is 11.4 Å². The summed E-state index contributed by atoms with van der Waals surface area (Å²) in [6.45, 7) is 0. The standard InChI is InChI=1S/C16H14AsN3O4/c1-17(2)9-3-4-10-13(7-9)24-16(19)11(8-18)15(10)12-5-6-14(23-12)20(21)22/h3-7,15H,19H2,1-2H3. The van der Waals surface area contributed by atoms with Crippen molar-refractivity contribution >= 4 is 24.9 Å². The molecule has 0 fully saturated rings. The maximum atomic E-state index is 10.9. The van der Waals surface area contributed by atoms with E-state index in [0.29, 0.717) is 17.1 Å². The molecule has 0 saturated heterocycles. The summed E-state index contributed by atoms with van der Waals surface area (Å²) in [6.07, 6.45) is 0. The van der Waals surface area contributed by atoms with Crippen molar-refractivity contribution in [3.05, 3.63) is 63.2 Å². The van der Waals surface area contributed by atoms with Gasteiger partial charge in [-0.3, -0.25) is 0 Å².